The lowest BCUT2D eigenvalue weighted by atomic mass is 9.96. The van der Waals surface area contributed by atoms with Crippen molar-refractivity contribution in [2.24, 2.45) is 0 Å². The molecule has 0 saturated carbocycles. The molecule has 0 spiro atoms. The molecule has 7 rings (SSSR count). The number of aryl methyl sites for hydroxylation is 4. The summed E-state index contributed by atoms with van der Waals surface area (Å²) in [6.45, 7) is 7.42. The van der Waals surface area contributed by atoms with Crippen LogP contribution in [0.15, 0.2) is 84.9 Å². The fraction of sp³-hybridized carbons (Fsp3) is 0.105. The number of benzene rings is 3. The van der Waals surface area contributed by atoms with Crippen LogP contribution in [0.25, 0.3) is 22.3 Å². The molecule has 0 unspecified atom stereocenters. The van der Waals surface area contributed by atoms with Gasteiger partial charge in [0.25, 0.3) is 17.7 Å². The number of carbonyl (C=O) groups excluding carboxylic acids is 3. The van der Waals surface area contributed by atoms with E-state index in [1.165, 1.54) is 18.2 Å². The SMILES string of the molecule is Cc1cc(C)c(C(C(=O)Nc2cccc(F)c2)=C2C(=O)Nc3ccccc32)[nH]1.Cc1cc(C)c(C(C(=O)O)=C2C(=O)Nc3ccccc32)[nH]1. The van der Waals surface area contributed by atoms with Crippen LogP contribution in [0.4, 0.5) is 21.5 Å². The maximum atomic E-state index is 13.5. The zero-order chi connectivity index (χ0) is 35.0. The summed E-state index contributed by atoms with van der Waals surface area (Å²) in [5.41, 5.74) is 7.99. The summed E-state index contributed by atoms with van der Waals surface area (Å²) in [6, 6.07) is 23.7. The predicted molar refractivity (Wildman–Crippen MR) is 187 cm³/mol. The number of carboxylic acids is 1. The van der Waals surface area contributed by atoms with Gasteiger partial charge in [-0.15, -0.1) is 0 Å². The zero-order valence-electron chi connectivity index (χ0n) is 27.0. The fourth-order valence-electron chi connectivity index (χ4n) is 6.16. The van der Waals surface area contributed by atoms with Crippen molar-refractivity contribution in [2.75, 3.05) is 16.0 Å². The quantitative estimate of drug-likeness (QED) is 0.114. The maximum Gasteiger partial charge on any atom is 0.338 e. The average molecular weight is 658 g/mol. The maximum absolute atomic E-state index is 13.5. The lowest BCUT2D eigenvalue weighted by Crippen LogP contribution is -2.18. The van der Waals surface area contributed by atoms with Crippen molar-refractivity contribution < 1.29 is 28.7 Å². The highest BCUT2D eigenvalue weighted by Gasteiger charge is 2.33. The van der Waals surface area contributed by atoms with Gasteiger partial charge in [-0.25, -0.2) is 9.18 Å². The first kappa shape index (κ1) is 32.5. The molecule has 0 bridgehead atoms. The van der Waals surface area contributed by atoms with Crippen molar-refractivity contribution in [3.05, 3.63) is 136 Å². The fourth-order valence-corrected chi connectivity index (χ4v) is 6.16. The van der Waals surface area contributed by atoms with Crippen molar-refractivity contribution in [1.29, 1.82) is 0 Å². The second kappa shape index (κ2) is 13.0. The Hall–Kier alpha value is -6.49. The lowest BCUT2D eigenvalue weighted by molar-refractivity contribution is -0.130. The lowest BCUT2D eigenvalue weighted by Gasteiger charge is -2.12. The number of hydrogen-bond acceptors (Lipinski definition) is 4. The third-order valence-corrected chi connectivity index (χ3v) is 8.17. The van der Waals surface area contributed by atoms with Gasteiger partial charge in [-0.3, -0.25) is 14.4 Å². The Morgan fingerprint density at radius 2 is 1.14 bits per heavy atom. The van der Waals surface area contributed by atoms with Gasteiger partial charge in [0, 0.05) is 39.6 Å². The molecule has 3 amide bonds. The molecule has 11 heteroatoms. The number of carbonyl (C=O) groups is 4. The van der Waals surface area contributed by atoms with Gasteiger partial charge in [-0.05, 0) is 81.3 Å². The van der Waals surface area contributed by atoms with Crippen molar-refractivity contribution in [2.45, 2.75) is 27.7 Å². The van der Waals surface area contributed by atoms with E-state index < -0.39 is 17.7 Å². The summed E-state index contributed by atoms with van der Waals surface area (Å²) in [7, 11) is 0. The van der Waals surface area contributed by atoms with E-state index in [-0.39, 0.29) is 34.1 Å². The minimum atomic E-state index is -1.12. The first-order chi connectivity index (χ1) is 23.4. The number of halogens is 1. The molecule has 2 aliphatic rings. The number of para-hydroxylation sites is 2. The number of aromatic nitrogens is 2. The Labute approximate surface area is 280 Å². The number of carboxylic acid groups (broad SMARTS) is 1. The monoisotopic (exact) mass is 657 g/mol. The topological polar surface area (TPSA) is 156 Å². The second-order valence-electron chi connectivity index (χ2n) is 11.8. The third kappa shape index (κ3) is 6.29. The molecule has 10 nitrogen and oxygen atoms in total. The van der Waals surface area contributed by atoms with Gasteiger partial charge in [-0.2, -0.15) is 0 Å². The number of amides is 3. The van der Waals surface area contributed by atoms with E-state index in [2.05, 4.69) is 25.9 Å². The van der Waals surface area contributed by atoms with Crippen LogP contribution in [0.3, 0.4) is 0 Å². The Kier molecular flexibility index (Phi) is 8.58. The number of aliphatic carboxylic acids is 1. The minimum Gasteiger partial charge on any atom is -0.478 e. The van der Waals surface area contributed by atoms with E-state index in [1.807, 2.05) is 52.0 Å². The Balaban J connectivity index is 0.000000177. The highest BCUT2D eigenvalue weighted by atomic mass is 19.1. The van der Waals surface area contributed by atoms with Gasteiger partial charge < -0.3 is 31.0 Å². The van der Waals surface area contributed by atoms with Gasteiger partial charge in [0.2, 0.25) is 0 Å². The number of anilines is 3. The third-order valence-electron chi connectivity index (χ3n) is 8.17. The van der Waals surface area contributed by atoms with Crippen LogP contribution in [0.5, 0.6) is 0 Å². The van der Waals surface area contributed by atoms with Crippen molar-refractivity contribution >= 4 is 63.0 Å². The molecule has 0 fully saturated rings. The molecular weight excluding hydrogens is 625 g/mol. The molecule has 49 heavy (non-hydrogen) atoms. The summed E-state index contributed by atoms with van der Waals surface area (Å²) < 4.78 is 13.5. The van der Waals surface area contributed by atoms with Crippen molar-refractivity contribution in [3.63, 3.8) is 0 Å². The first-order valence-electron chi connectivity index (χ1n) is 15.4. The molecule has 0 atom stereocenters. The standard InChI is InChI=1S/C22H18FN3O2.C16H14N2O3/c1-12-10-13(2)24-20(12)19(22(28)25-15-7-5-6-14(23)11-15)18-16-8-3-4-9-17(16)26-21(18)27;1-8-7-9(2)17-14(8)13(16(20)21)12-10-5-3-4-6-11(10)18-15(12)19/h3-11,24H,1-2H3,(H,25,28)(H,26,27);3-7,17H,1-2H3,(H,18,19)(H,20,21). The van der Waals surface area contributed by atoms with Gasteiger partial charge in [0.15, 0.2) is 0 Å². The molecule has 3 aromatic carbocycles. The summed E-state index contributed by atoms with van der Waals surface area (Å²) in [4.78, 5) is 56.2. The van der Waals surface area contributed by atoms with Crippen molar-refractivity contribution in [1.82, 2.24) is 9.97 Å². The number of nitrogens with one attached hydrogen (secondary N) is 5. The van der Waals surface area contributed by atoms with E-state index >= 15 is 0 Å². The van der Waals surface area contributed by atoms with Crippen LogP contribution >= 0.6 is 0 Å². The molecule has 2 aliphatic heterocycles. The summed E-state index contributed by atoms with van der Waals surface area (Å²) in [5.74, 6) is -2.81. The smallest absolute Gasteiger partial charge is 0.338 e. The van der Waals surface area contributed by atoms with Crippen LogP contribution in [-0.4, -0.2) is 38.8 Å². The normalized spacial score (nSPS) is 15.0. The van der Waals surface area contributed by atoms with Gasteiger partial charge in [0.05, 0.1) is 33.7 Å². The molecule has 2 aromatic heterocycles. The van der Waals surface area contributed by atoms with Crippen molar-refractivity contribution in [3.8, 4) is 0 Å². The summed E-state index contributed by atoms with van der Waals surface area (Å²) in [6.07, 6.45) is 0. The van der Waals surface area contributed by atoms with Gasteiger partial charge in [0.1, 0.15) is 5.82 Å². The van der Waals surface area contributed by atoms with E-state index in [0.29, 0.717) is 39.6 Å². The zero-order valence-corrected chi connectivity index (χ0v) is 27.0. The van der Waals surface area contributed by atoms with Crippen LogP contribution in [-0.2, 0) is 19.2 Å². The van der Waals surface area contributed by atoms with E-state index in [1.54, 1.807) is 42.5 Å². The second-order valence-corrected chi connectivity index (χ2v) is 11.8. The molecule has 0 saturated heterocycles. The molecular formula is C38H32FN5O5. The van der Waals surface area contributed by atoms with E-state index in [0.717, 1.165) is 22.5 Å². The average Bonchev–Trinajstić information content (AvgIpc) is 3.76. The summed E-state index contributed by atoms with van der Waals surface area (Å²) >= 11 is 0. The number of hydrogen-bond donors (Lipinski definition) is 6. The van der Waals surface area contributed by atoms with Crippen LogP contribution in [0.2, 0.25) is 0 Å². The van der Waals surface area contributed by atoms with Gasteiger partial charge >= 0.3 is 5.97 Å². The van der Waals surface area contributed by atoms with Gasteiger partial charge in [-0.1, -0.05) is 42.5 Å². The minimum absolute atomic E-state index is 0.00282. The molecule has 6 N–H and O–H groups in total. The molecule has 4 heterocycles. The van der Waals surface area contributed by atoms with E-state index in [4.69, 9.17) is 0 Å². The number of fused-ring (bicyclic) bond motifs is 2. The highest BCUT2D eigenvalue weighted by molar-refractivity contribution is 6.47. The van der Waals surface area contributed by atoms with Crippen LogP contribution < -0.4 is 16.0 Å². The predicted octanol–water partition coefficient (Wildman–Crippen LogP) is 6.85. The Bertz CT molecular complexity index is 2260. The largest absolute Gasteiger partial charge is 0.478 e. The molecule has 0 aliphatic carbocycles. The molecule has 5 aromatic rings. The summed E-state index contributed by atoms with van der Waals surface area (Å²) in [5, 5.41) is 17.8. The first-order valence-corrected chi connectivity index (χ1v) is 15.4. The van der Waals surface area contributed by atoms with Crippen LogP contribution in [0.1, 0.15) is 45.0 Å². The van der Waals surface area contributed by atoms with Crippen LogP contribution in [0, 0.1) is 33.5 Å². The van der Waals surface area contributed by atoms with E-state index in [9.17, 15) is 28.7 Å². The molecule has 0 radical (unpaired) electrons. The Morgan fingerprint density at radius 3 is 1.61 bits per heavy atom. The number of aromatic amines is 2. The number of rotatable bonds is 5. The number of H-pyrrole nitrogens is 2. The highest BCUT2D eigenvalue weighted by Crippen LogP contribution is 2.39. The molecule has 246 valence electrons. The Morgan fingerprint density at radius 1 is 0.653 bits per heavy atom.